The number of hydrogen-bond acceptors (Lipinski definition) is 1. The van der Waals surface area contributed by atoms with E-state index in [0.717, 1.165) is 6.92 Å². The summed E-state index contributed by atoms with van der Waals surface area (Å²) in [5.74, 6) is -0.110. The minimum atomic E-state index is -4.52. The van der Waals surface area contributed by atoms with Crippen LogP contribution in [0.25, 0.3) is 0 Å². The Labute approximate surface area is 70.6 Å². The molecule has 0 spiro atoms. The SMILES string of the molecule is CCC(C)CC(C)(O)C(F)(F)F. The molecule has 2 atom stereocenters. The molecule has 12 heavy (non-hydrogen) atoms. The van der Waals surface area contributed by atoms with E-state index in [9.17, 15) is 13.2 Å². The van der Waals surface area contributed by atoms with Crippen LogP contribution in [-0.4, -0.2) is 16.9 Å². The maximum atomic E-state index is 12.1. The Balaban J connectivity index is 4.22. The lowest BCUT2D eigenvalue weighted by molar-refractivity contribution is -0.258. The van der Waals surface area contributed by atoms with Gasteiger partial charge in [0.25, 0.3) is 0 Å². The van der Waals surface area contributed by atoms with Gasteiger partial charge in [-0.3, -0.25) is 0 Å². The molecule has 0 saturated carbocycles. The molecule has 4 heteroatoms. The molecule has 0 radical (unpaired) electrons. The van der Waals surface area contributed by atoms with E-state index in [2.05, 4.69) is 0 Å². The van der Waals surface area contributed by atoms with Crippen LogP contribution in [0.3, 0.4) is 0 Å². The molecule has 0 aromatic carbocycles. The maximum absolute atomic E-state index is 12.1. The van der Waals surface area contributed by atoms with E-state index < -0.39 is 11.8 Å². The third kappa shape index (κ3) is 3.01. The van der Waals surface area contributed by atoms with Crippen LogP contribution >= 0.6 is 0 Å². The van der Waals surface area contributed by atoms with Gasteiger partial charge in [-0.15, -0.1) is 0 Å². The zero-order valence-electron chi connectivity index (χ0n) is 7.57. The molecule has 0 aliphatic carbocycles. The number of rotatable bonds is 3. The largest absolute Gasteiger partial charge is 0.416 e. The highest BCUT2D eigenvalue weighted by Gasteiger charge is 2.49. The molecule has 0 aliphatic heterocycles. The fourth-order valence-electron chi connectivity index (χ4n) is 0.939. The Hall–Kier alpha value is -0.250. The highest BCUT2D eigenvalue weighted by molar-refractivity contribution is 4.82. The van der Waals surface area contributed by atoms with E-state index in [-0.39, 0.29) is 12.3 Å². The van der Waals surface area contributed by atoms with Crippen LogP contribution in [0.15, 0.2) is 0 Å². The van der Waals surface area contributed by atoms with Gasteiger partial charge in [0.05, 0.1) is 0 Å². The Kier molecular flexibility index (Phi) is 3.57. The summed E-state index contributed by atoms with van der Waals surface area (Å²) in [7, 11) is 0. The monoisotopic (exact) mass is 184 g/mol. The molecule has 0 amide bonds. The third-order valence-corrected chi connectivity index (χ3v) is 2.05. The van der Waals surface area contributed by atoms with E-state index in [1.54, 1.807) is 13.8 Å². The van der Waals surface area contributed by atoms with Crippen molar-refractivity contribution in [2.45, 2.75) is 45.4 Å². The average molecular weight is 184 g/mol. The predicted molar refractivity (Wildman–Crippen MR) is 40.8 cm³/mol. The van der Waals surface area contributed by atoms with Crippen molar-refractivity contribution in [2.24, 2.45) is 5.92 Å². The molecule has 0 rings (SSSR count). The van der Waals surface area contributed by atoms with Gasteiger partial charge in [0.1, 0.15) is 0 Å². The summed E-state index contributed by atoms with van der Waals surface area (Å²) < 4.78 is 36.2. The second-order valence-corrected chi connectivity index (χ2v) is 3.49. The topological polar surface area (TPSA) is 20.2 Å². The van der Waals surface area contributed by atoms with Crippen molar-refractivity contribution < 1.29 is 18.3 Å². The number of aliphatic hydroxyl groups is 1. The molecule has 0 aliphatic rings. The third-order valence-electron chi connectivity index (χ3n) is 2.05. The summed E-state index contributed by atoms with van der Waals surface area (Å²) in [6, 6.07) is 0. The Morgan fingerprint density at radius 3 is 2.00 bits per heavy atom. The summed E-state index contributed by atoms with van der Waals surface area (Å²) in [4.78, 5) is 0. The number of hydrogen-bond donors (Lipinski definition) is 1. The highest BCUT2D eigenvalue weighted by Crippen LogP contribution is 2.35. The minimum Gasteiger partial charge on any atom is -0.381 e. The van der Waals surface area contributed by atoms with Gasteiger partial charge in [-0.1, -0.05) is 20.3 Å². The standard InChI is InChI=1S/C8H15F3O/c1-4-6(2)5-7(3,12)8(9,10)11/h6,12H,4-5H2,1-3H3. The molecule has 1 nitrogen and oxygen atoms in total. The van der Waals surface area contributed by atoms with Gasteiger partial charge in [-0.2, -0.15) is 13.2 Å². The van der Waals surface area contributed by atoms with Gasteiger partial charge in [0, 0.05) is 0 Å². The summed E-state index contributed by atoms with van der Waals surface area (Å²) in [6.45, 7) is 4.32. The molecule has 1 N–H and O–H groups in total. The molecule has 0 aromatic rings. The van der Waals surface area contributed by atoms with Crippen molar-refractivity contribution in [3.8, 4) is 0 Å². The summed E-state index contributed by atoms with van der Waals surface area (Å²) in [6.07, 6.45) is -4.10. The van der Waals surface area contributed by atoms with Crippen molar-refractivity contribution in [2.75, 3.05) is 0 Å². The van der Waals surface area contributed by atoms with E-state index in [0.29, 0.717) is 6.42 Å². The second-order valence-electron chi connectivity index (χ2n) is 3.49. The average Bonchev–Trinajstić information content (AvgIpc) is 1.84. The van der Waals surface area contributed by atoms with Crippen molar-refractivity contribution >= 4 is 0 Å². The first kappa shape index (κ1) is 11.8. The van der Waals surface area contributed by atoms with Gasteiger partial charge >= 0.3 is 6.18 Å². The highest BCUT2D eigenvalue weighted by atomic mass is 19.4. The van der Waals surface area contributed by atoms with Crippen LogP contribution in [0.1, 0.15) is 33.6 Å². The van der Waals surface area contributed by atoms with Crippen LogP contribution in [0, 0.1) is 5.92 Å². The van der Waals surface area contributed by atoms with Gasteiger partial charge in [-0.25, -0.2) is 0 Å². The van der Waals surface area contributed by atoms with Gasteiger partial charge in [0.2, 0.25) is 0 Å². The molecule has 0 fully saturated rings. The quantitative estimate of drug-likeness (QED) is 0.715. The van der Waals surface area contributed by atoms with Crippen molar-refractivity contribution in [1.29, 1.82) is 0 Å². The molecular formula is C8H15F3O. The molecular weight excluding hydrogens is 169 g/mol. The fourth-order valence-corrected chi connectivity index (χ4v) is 0.939. The Bertz CT molecular complexity index is 140. The lowest BCUT2D eigenvalue weighted by Crippen LogP contribution is -2.43. The lowest BCUT2D eigenvalue weighted by Gasteiger charge is -2.28. The lowest BCUT2D eigenvalue weighted by atomic mass is 9.91. The van der Waals surface area contributed by atoms with E-state index >= 15 is 0 Å². The molecule has 0 saturated heterocycles. The smallest absolute Gasteiger partial charge is 0.381 e. The van der Waals surface area contributed by atoms with Crippen molar-refractivity contribution in [3.63, 3.8) is 0 Å². The molecule has 0 aromatic heterocycles. The van der Waals surface area contributed by atoms with Crippen molar-refractivity contribution in [1.82, 2.24) is 0 Å². The van der Waals surface area contributed by atoms with Crippen molar-refractivity contribution in [3.05, 3.63) is 0 Å². The van der Waals surface area contributed by atoms with Crippen LogP contribution in [0.5, 0.6) is 0 Å². The maximum Gasteiger partial charge on any atom is 0.416 e. The summed E-state index contributed by atoms with van der Waals surface area (Å²) in [5, 5.41) is 9.03. The normalized spacial score (nSPS) is 20.2. The zero-order chi connectivity index (χ0) is 9.99. The van der Waals surface area contributed by atoms with Gasteiger partial charge < -0.3 is 5.11 Å². The molecule has 0 heterocycles. The van der Waals surface area contributed by atoms with E-state index in [4.69, 9.17) is 5.11 Å². The van der Waals surface area contributed by atoms with Gasteiger partial charge in [0.15, 0.2) is 5.60 Å². The summed E-state index contributed by atoms with van der Waals surface area (Å²) in [5.41, 5.74) is -2.54. The van der Waals surface area contributed by atoms with Crippen LogP contribution in [-0.2, 0) is 0 Å². The number of halogens is 3. The molecule has 2 unspecified atom stereocenters. The molecule has 74 valence electrons. The first-order chi connectivity index (χ1) is 5.20. The number of alkyl halides is 3. The second kappa shape index (κ2) is 3.64. The predicted octanol–water partition coefficient (Wildman–Crippen LogP) is 2.74. The van der Waals surface area contributed by atoms with Crippen LogP contribution < -0.4 is 0 Å². The van der Waals surface area contributed by atoms with Gasteiger partial charge in [-0.05, 0) is 19.3 Å². The first-order valence-electron chi connectivity index (χ1n) is 4.00. The van der Waals surface area contributed by atoms with E-state index in [1.807, 2.05) is 0 Å². The zero-order valence-corrected chi connectivity index (χ0v) is 7.57. The van der Waals surface area contributed by atoms with E-state index in [1.165, 1.54) is 0 Å². The van der Waals surface area contributed by atoms with Crippen LogP contribution in [0.2, 0.25) is 0 Å². The fraction of sp³-hybridized carbons (Fsp3) is 1.00. The first-order valence-corrected chi connectivity index (χ1v) is 4.00. The minimum absolute atomic E-state index is 0.110. The molecule has 0 bridgehead atoms. The summed E-state index contributed by atoms with van der Waals surface area (Å²) >= 11 is 0. The van der Waals surface area contributed by atoms with Crippen LogP contribution in [0.4, 0.5) is 13.2 Å². The Morgan fingerprint density at radius 2 is 1.75 bits per heavy atom. The Morgan fingerprint density at radius 1 is 1.33 bits per heavy atom.